The van der Waals surface area contributed by atoms with Gasteiger partial charge in [-0.15, -0.1) is 5.73 Å². The highest BCUT2D eigenvalue weighted by Gasteiger charge is 1.78. The standard InChI is InChI=1S/C3H4.C2HF3/c1-3-2;3-1-2(4)5/h1-2H2;1H. The van der Waals surface area contributed by atoms with Crippen molar-refractivity contribution in [3.63, 3.8) is 0 Å². The molecule has 0 unspecified atom stereocenters. The fourth-order valence-electron chi connectivity index (χ4n) is 0. The van der Waals surface area contributed by atoms with Gasteiger partial charge < -0.3 is 0 Å². The Morgan fingerprint density at radius 1 is 1.38 bits per heavy atom. The van der Waals surface area contributed by atoms with E-state index in [1.807, 2.05) is 0 Å². The van der Waals surface area contributed by atoms with Crippen LogP contribution in [0.1, 0.15) is 0 Å². The van der Waals surface area contributed by atoms with E-state index in [-0.39, 0.29) is 0 Å². The third kappa shape index (κ3) is 75.1. The van der Waals surface area contributed by atoms with E-state index >= 15 is 0 Å². The molecule has 0 nitrogen and oxygen atoms in total. The smallest absolute Gasteiger partial charge is 0.210 e. The molecule has 0 aromatic heterocycles. The zero-order valence-corrected chi connectivity index (χ0v) is 4.13. The van der Waals surface area contributed by atoms with Crippen LogP contribution in [0.25, 0.3) is 0 Å². The zero-order valence-electron chi connectivity index (χ0n) is 4.13. The van der Waals surface area contributed by atoms with Crippen LogP contribution in [0.4, 0.5) is 13.2 Å². The van der Waals surface area contributed by atoms with Gasteiger partial charge in [-0.1, -0.05) is 13.2 Å². The first-order valence-corrected chi connectivity index (χ1v) is 1.59. The number of rotatable bonds is 0. The van der Waals surface area contributed by atoms with Crippen molar-refractivity contribution in [2.75, 3.05) is 0 Å². The minimum Gasteiger partial charge on any atom is -0.210 e. The van der Waals surface area contributed by atoms with Gasteiger partial charge in [-0.25, -0.2) is 4.39 Å². The summed E-state index contributed by atoms with van der Waals surface area (Å²) in [5, 5.41) is 0. The van der Waals surface area contributed by atoms with Crippen LogP contribution in [-0.4, -0.2) is 0 Å². The van der Waals surface area contributed by atoms with Crippen LogP contribution in [0.2, 0.25) is 0 Å². The lowest BCUT2D eigenvalue weighted by Gasteiger charge is -1.59. The molecule has 0 fully saturated rings. The number of hydrogen-bond donors (Lipinski definition) is 0. The Bertz CT molecular complexity index is 94.2. The summed E-state index contributed by atoms with van der Waals surface area (Å²) in [6.07, 6.45) is -3.04. The summed E-state index contributed by atoms with van der Waals surface area (Å²) in [6.45, 7) is 6.25. The van der Waals surface area contributed by atoms with Gasteiger partial charge in [0, 0.05) is 0 Å². The topological polar surface area (TPSA) is 0 Å². The monoisotopic (exact) mass is 122 g/mol. The molecule has 0 aromatic rings. The highest BCUT2D eigenvalue weighted by atomic mass is 19.3. The second-order valence-electron chi connectivity index (χ2n) is 0.649. The molecular formula is C5H5F3. The van der Waals surface area contributed by atoms with E-state index in [1.165, 1.54) is 0 Å². The van der Waals surface area contributed by atoms with Crippen LogP contribution in [0.3, 0.4) is 0 Å². The Morgan fingerprint density at radius 2 is 1.50 bits per heavy atom. The minimum atomic E-state index is -2.29. The SMILES string of the molecule is C=C=C.FC=C(F)F. The van der Waals surface area contributed by atoms with E-state index < -0.39 is 12.4 Å². The van der Waals surface area contributed by atoms with Crippen molar-refractivity contribution in [3.8, 4) is 0 Å². The van der Waals surface area contributed by atoms with Crippen molar-refractivity contribution < 1.29 is 13.2 Å². The van der Waals surface area contributed by atoms with Gasteiger partial charge in [0.15, 0.2) is 6.33 Å². The van der Waals surface area contributed by atoms with Crippen LogP contribution in [0.15, 0.2) is 31.3 Å². The van der Waals surface area contributed by atoms with Gasteiger partial charge in [-0.3, -0.25) is 0 Å². The first-order chi connectivity index (χ1) is 3.68. The Balaban J connectivity index is 0. The zero-order chi connectivity index (χ0) is 6.99. The van der Waals surface area contributed by atoms with Gasteiger partial charge in [0.05, 0.1) is 0 Å². The molecule has 0 spiro atoms. The normalized spacial score (nSPS) is 5.38. The largest absolute Gasteiger partial charge is 0.298 e. The second-order valence-corrected chi connectivity index (χ2v) is 0.649. The Kier molecular flexibility index (Phi) is 11.9. The van der Waals surface area contributed by atoms with Gasteiger partial charge in [-0.2, -0.15) is 8.78 Å². The maximum Gasteiger partial charge on any atom is 0.298 e. The van der Waals surface area contributed by atoms with Crippen LogP contribution in [0.5, 0.6) is 0 Å². The first-order valence-electron chi connectivity index (χ1n) is 1.59. The van der Waals surface area contributed by atoms with E-state index in [1.54, 1.807) is 0 Å². The summed E-state index contributed by atoms with van der Waals surface area (Å²) in [6, 6.07) is 0. The summed E-state index contributed by atoms with van der Waals surface area (Å²) in [7, 11) is 0. The molecule has 0 aliphatic heterocycles. The molecule has 0 aliphatic rings. The quantitative estimate of drug-likeness (QED) is 0.433. The Labute approximate surface area is 45.6 Å². The van der Waals surface area contributed by atoms with Crippen LogP contribution >= 0.6 is 0 Å². The molecule has 0 amide bonds. The third-order valence-corrected chi connectivity index (χ3v) is 0.0825. The van der Waals surface area contributed by atoms with Crippen molar-refractivity contribution in [3.05, 3.63) is 31.3 Å². The molecular weight excluding hydrogens is 117 g/mol. The van der Waals surface area contributed by atoms with E-state index in [4.69, 9.17) is 0 Å². The molecule has 8 heavy (non-hydrogen) atoms. The van der Waals surface area contributed by atoms with Crippen molar-refractivity contribution in [2.45, 2.75) is 0 Å². The summed E-state index contributed by atoms with van der Waals surface area (Å²) in [5.41, 5.74) is 2.25. The highest BCUT2D eigenvalue weighted by Crippen LogP contribution is 1.93. The first kappa shape index (κ1) is 10.1. The lowest BCUT2D eigenvalue weighted by atomic mass is 11.0. The van der Waals surface area contributed by atoms with E-state index in [0.717, 1.165) is 0 Å². The molecule has 0 aromatic carbocycles. The van der Waals surface area contributed by atoms with Crippen molar-refractivity contribution in [1.82, 2.24) is 0 Å². The predicted octanol–water partition coefficient (Wildman–Crippen LogP) is 2.65. The maximum absolute atomic E-state index is 10.2. The molecule has 3 heteroatoms. The summed E-state index contributed by atoms with van der Waals surface area (Å²) < 4.78 is 30.7. The lowest BCUT2D eigenvalue weighted by molar-refractivity contribution is 0.400. The molecule has 0 saturated heterocycles. The fraction of sp³-hybridized carbons (Fsp3) is 0. The van der Waals surface area contributed by atoms with E-state index in [0.29, 0.717) is 0 Å². The Hall–Kier alpha value is -0.950. The molecule has 46 valence electrons. The van der Waals surface area contributed by atoms with Crippen molar-refractivity contribution >= 4 is 0 Å². The minimum absolute atomic E-state index is 0.750. The van der Waals surface area contributed by atoms with Crippen LogP contribution in [-0.2, 0) is 0 Å². The molecule has 0 rings (SSSR count). The second kappa shape index (κ2) is 9.41. The van der Waals surface area contributed by atoms with Gasteiger partial charge in [0.2, 0.25) is 0 Å². The fourth-order valence-corrected chi connectivity index (χ4v) is 0. The van der Waals surface area contributed by atoms with Gasteiger partial charge in [0.1, 0.15) is 0 Å². The van der Waals surface area contributed by atoms with Gasteiger partial charge in [0.25, 0.3) is 6.08 Å². The summed E-state index contributed by atoms with van der Waals surface area (Å²) in [4.78, 5) is 0. The number of halogens is 3. The van der Waals surface area contributed by atoms with Crippen LogP contribution < -0.4 is 0 Å². The predicted molar refractivity (Wildman–Crippen MR) is 26.2 cm³/mol. The average molecular weight is 122 g/mol. The molecule has 0 atom stereocenters. The molecule has 0 N–H and O–H groups in total. The van der Waals surface area contributed by atoms with Crippen LogP contribution in [0, 0.1) is 0 Å². The molecule has 0 aliphatic carbocycles. The maximum atomic E-state index is 10.2. The summed E-state index contributed by atoms with van der Waals surface area (Å²) in [5.74, 6) is 0. The Morgan fingerprint density at radius 3 is 1.50 bits per heavy atom. The average Bonchev–Trinajstić information content (AvgIpc) is 1.69. The van der Waals surface area contributed by atoms with Crippen molar-refractivity contribution in [2.24, 2.45) is 0 Å². The molecule has 0 saturated carbocycles. The van der Waals surface area contributed by atoms with Gasteiger partial charge in [-0.05, 0) is 0 Å². The van der Waals surface area contributed by atoms with Gasteiger partial charge >= 0.3 is 0 Å². The highest BCUT2D eigenvalue weighted by molar-refractivity contribution is 4.66. The third-order valence-electron chi connectivity index (χ3n) is 0.0825. The molecule has 0 radical (unpaired) electrons. The van der Waals surface area contributed by atoms with E-state index in [9.17, 15) is 13.2 Å². The summed E-state index contributed by atoms with van der Waals surface area (Å²) >= 11 is 0. The lowest BCUT2D eigenvalue weighted by Crippen LogP contribution is -1.42. The molecule has 0 bridgehead atoms. The molecule has 0 heterocycles. The van der Waals surface area contributed by atoms with Crippen molar-refractivity contribution in [1.29, 1.82) is 0 Å². The van der Waals surface area contributed by atoms with E-state index in [2.05, 4.69) is 18.9 Å². The number of hydrogen-bond acceptors (Lipinski definition) is 0.